The minimum absolute atomic E-state index is 0.202. The Kier molecular flexibility index (Phi) is 3.04. The van der Waals surface area contributed by atoms with Crippen molar-refractivity contribution in [2.24, 2.45) is 0 Å². The van der Waals surface area contributed by atoms with Crippen LogP contribution in [0.15, 0.2) is 24.4 Å². The molecule has 1 aliphatic carbocycles. The molecule has 0 atom stereocenters. The number of aromatic amines is 1. The molecule has 1 heterocycles. The average molecular weight is 274 g/mol. The number of hydrogen-bond donors (Lipinski definition) is 1. The highest BCUT2D eigenvalue weighted by molar-refractivity contribution is 5.97. The van der Waals surface area contributed by atoms with Gasteiger partial charge in [-0.3, -0.25) is 4.79 Å². The summed E-state index contributed by atoms with van der Waals surface area (Å²) in [5, 5.41) is 0.962. The summed E-state index contributed by atoms with van der Waals surface area (Å²) >= 11 is 0. The Morgan fingerprint density at radius 1 is 1.35 bits per heavy atom. The molecular formula is C16H19FN2O. The van der Waals surface area contributed by atoms with Gasteiger partial charge in [0.2, 0.25) is 5.91 Å². The SMILES string of the molecule is CCN(CC)C(=O)C1(c2c[nH]c3cc(F)ccc23)CC1. The van der Waals surface area contributed by atoms with E-state index in [1.165, 1.54) is 12.1 Å². The molecule has 4 heteroatoms. The first-order chi connectivity index (χ1) is 9.62. The van der Waals surface area contributed by atoms with Crippen molar-refractivity contribution in [2.45, 2.75) is 32.1 Å². The van der Waals surface area contributed by atoms with Crippen LogP contribution in [0, 0.1) is 5.82 Å². The molecule has 106 valence electrons. The van der Waals surface area contributed by atoms with E-state index in [1.54, 1.807) is 6.07 Å². The van der Waals surface area contributed by atoms with Gasteiger partial charge in [0.25, 0.3) is 0 Å². The van der Waals surface area contributed by atoms with Gasteiger partial charge in [0.05, 0.1) is 5.41 Å². The van der Waals surface area contributed by atoms with E-state index in [0.717, 1.165) is 42.4 Å². The maximum atomic E-state index is 13.3. The van der Waals surface area contributed by atoms with Crippen molar-refractivity contribution in [3.8, 4) is 0 Å². The molecular weight excluding hydrogens is 255 g/mol. The monoisotopic (exact) mass is 274 g/mol. The van der Waals surface area contributed by atoms with Gasteiger partial charge < -0.3 is 9.88 Å². The topological polar surface area (TPSA) is 36.1 Å². The first-order valence-corrected chi connectivity index (χ1v) is 7.19. The summed E-state index contributed by atoms with van der Waals surface area (Å²) in [7, 11) is 0. The molecule has 0 saturated heterocycles. The van der Waals surface area contributed by atoms with E-state index in [-0.39, 0.29) is 17.1 Å². The van der Waals surface area contributed by atoms with Crippen LogP contribution in [0.5, 0.6) is 0 Å². The second-order valence-electron chi connectivity index (χ2n) is 5.45. The minimum atomic E-state index is -0.387. The van der Waals surface area contributed by atoms with E-state index in [2.05, 4.69) is 4.98 Å². The third-order valence-electron chi connectivity index (χ3n) is 4.37. The van der Waals surface area contributed by atoms with Crippen LogP contribution in [-0.4, -0.2) is 28.9 Å². The number of aromatic nitrogens is 1. The van der Waals surface area contributed by atoms with Crippen molar-refractivity contribution in [1.29, 1.82) is 0 Å². The number of hydrogen-bond acceptors (Lipinski definition) is 1. The molecule has 1 amide bonds. The normalized spacial score (nSPS) is 16.4. The third kappa shape index (κ3) is 1.82. The van der Waals surface area contributed by atoms with Crippen molar-refractivity contribution in [3.63, 3.8) is 0 Å². The molecule has 1 aromatic carbocycles. The van der Waals surface area contributed by atoms with Gasteiger partial charge in [0.1, 0.15) is 5.82 Å². The Morgan fingerprint density at radius 3 is 2.65 bits per heavy atom. The Labute approximate surface area is 117 Å². The van der Waals surface area contributed by atoms with E-state index < -0.39 is 0 Å². The van der Waals surface area contributed by atoms with Crippen molar-refractivity contribution in [3.05, 3.63) is 35.8 Å². The number of carbonyl (C=O) groups excluding carboxylic acids is 1. The van der Waals surface area contributed by atoms with Gasteiger partial charge in [-0.1, -0.05) is 0 Å². The first-order valence-electron chi connectivity index (χ1n) is 7.19. The lowest BCUT2D eigenvalue weighted by molar-refractivity contribution is -0.133. The molecule has 1 aliphatic rings. The predicted octanol–water partition coefficient (Wildman–Crippen LogP) is 3.21. The van der Waals surface area contributed by atoms with Crippen molar-refractivity contribution < 1.29 is 9.18 Å². The van der Waals surface area contributed by atoms with Gasteiger partial charge in [-0.05, 0) is 50.5 Å². The molecule has 0 unspecified atom stereocenters. The summed E-state index contributed by atoms with van der Waals surface area (Å²) in [5.41, 5.74) is 1.39. The number of halogens is 1. The van der Waals surface area contributed by atoms with Crippen LogP contribution in [0.1, 0.15) is 32.3 Å². The van der Waals surface area contributed by atoms with Crippen molar-refractivity contribution in [1.82, 2.24) is 9.88 Å². The van der Waals surface area contributed by atoms with E-state index >= 15 is 0 Å². The maximum Gasteiger partial charge on any atom is 0.233 e. The Bertz CT molecular complexity index is 654. The first kappa shape index (κ1) is 13.2. The number of amides is 1. The molecule has 3 rings (SSSR count). The van der Waals surface area contributed by atoms with Gasteiger partial charge in [-0.25, -0.2) is 4.39 Å². The maximum absolute atomic E-state index is 13.3. The number of nitrogens with one attached hydrogen (secondary N) is 1. The standard InChI is InChI=1S/C16H19FN2O/c1-3-19(4-2)15(20)16(7-8-16)13-10-18-14-9-11(17)5-6-12(13)14/h5-6,9-10,18H,3-4,7-8H2,1-2H3. The summed E-state index contributed by atoms with van der Waals surface area (Å²) in [4.78, 5) is 17.7. The van der Waals surface area contributed by atoms with Gasteiger partial charge in [-0.15, -0.1) is 0 Å². The van der Waals surface area contributed by atoms with Crippen molar-refractivity contribution in [2.75, 3.05) is 13.1 Å². The Hall–Kier alpha value is -1.84. The molecule has 1 fully saturated rings. The highest BCUT2D eigenvalue weighted by Crippen LogP contribution is 2.51. The molecule has 20 heavy (non-hydrogen) atoms. The second-order valence-corrected chi connectivity index (χ2v) is 5.45. The van der Waals surface area contributed by atoms with Crippen LogP contribution >= 0.6 is 0 Å². The highest BCUT2D eigenvalue weighted by atomic mass is 19.1. The molecule has 0 bridgehead atoms. The van der Waals surface area contributed by atoms with Gasteiger partial charge >= 0.3 is 0 Å². The van der Waals surface area contributed by atoms with Gasteiger partial charge in [-0.2, -0.15) is 0 Å². The summed E-state index contributed by atoms with van der Waals surface area (Å²) in [6, 6.07) is 4.71. The zero-order chi connectivity index (χ0) is 14.3. The largest absolute Gasteiger partial charge is 0.361 e. The lowest BCUT2D eigenvalue weighted by Gasteiger charge is -2.24. The molecule has 0 radical (unpaired) electrons. The molecule has 1 N–H and O–H groups in total. The highest BCUT2D eigenvalue weighted by Gasteiger charge is 2.53. The number of benzene rings is 1. The number of carbonyl (C=O) groups is 1. The van der Waals surface area contributed by atoms with Crippen LogP contribution in [-0.2, 0) is 10.2 Å². The fraction of sp³-hybridized carbons (Fsp3) is 0.438. The average Bonchev–Trinajstić information content (AvgIpc) is 3.15. The van der Waals surface area contributed by atoms with Crippen LogP contribution in [0.4, 0.5) is 4.39 Å². The van der Waals surface area contributed by atoms with Gasteiger partial charge in [0, 0.05) is 30.2 Å². The number of rotatable bonds is 4. The molecule has 1 aromatic heterocycles. The Morgan fingerprint density at radius 2 is 2.05 bits per heavy atom. The van der Waals surface area contributed by atoms with E-state index in [4.69, 9.17) is 0 Å². The summed E-state index contributed by atoms with van der Waals surface area (Å²) in [5.74, 6) is -0.0569. The van der Waals surface area contributed by atoms with E-state index in [0.29, 0.717) is 0 Å². The predicted molar refractivity (Wildman–Crippen MR) is 77.1 cm³/mol. The van der Waals surface area contributed by atoms with E-state index in [9.17, 15) is 9.18 Å². The molecule has 3 nitrogen and oxygen atoms in total. The zero-order valence-corrected chi connectivity index (χ0v) is 11.9. The third-order valence-corrected chi connectivity index (χ3v) is 4.37. The number of fused-ring (bicyclic) bond motifs is 1. The van der Waals surface area contributed by atoms with Crippen LogP contribution in [0.3, 0.4) is 0 Å². The molecule has 0 aliphatic heterocycles. The lowest BCUT2D eigenvalue weighted by Crippen LogP contribution is -2.39. The minimum Gasteiger partial charge on any atom is -0.361 e. The van der Waals surface area contributed by atoms with E-state index in [1.807, 2.05) is 24.9 Å². The zero-order valence-electron chi connectivity index (χ0n) is 11.9. The fourth-order valence-corrected chi connectivity index (χ4v) is 3.03. The fourth-order valence-electron chi connectivity index (χ4n) is 3.03. The summed E-state index contributed by atoms with van der Waals surface area (Å²) < 4.78 is 13.3. The lowest BCUT2D eigenvalue weighted by atomic mass is 9.93. The molecule has 1 saturated carbocycles. The Balaban J connectivity index is 2.04. The van der Waals surface area contributed by atoms with Crippen molar-refractivity contribution >= 4 is 16.8 Å². The summed E-state index contributed by atoms with van der Waals surface area (Å²) in [6.45, 7) is 5.46. The van der Waals surface area contributed by atoms with Gasteiger partial charge in [0.15, 0.2) is 0 Å². The number of H-pyrrole nitrogens is 1. The molecule has 0 spiro atoms. The second kappa shape index (κ2) is 4.62. The quantitative estimate of drug-likeness (QED) is 0.913. The number of nitrogens with zero attached hydrogens (tertiary/aromatic N) is 1. The van der Waals surface area contributed by atoms with Crippen LogP contribution in [0.2, 0.25) is 0 Å². The smallest absolute Gasteiger partial charge is 0.233 e. The van der Waals surface area contributed by atoms with Crippen LogP contribution in [0.25, 0.3) is 10.9 Å². The molecule has 2 aromatic rings. The van der Waals surface area contributed by atoms with Crippen LogP contribution < -0.4 is 0 Å². The summed E-state index contributed by atoms with van der Waals surface area (Å²) in [6.07, 6.45) is 3.64. The number of likely N-dealkylation sites (N-methyl/N-ethyl adjacent to an activating group) is 1.